The molecule has 0 aliphatic carbocycles. The first-order valence-electron chi connectivity index (χ1n) is 4.23. The van der Waals surface area contributed by atoms with Crippen LogP contribution in [0.3, 0.4) is 0 Å². The molecule has 1 aliphatic rings. The molecule has 1 rings (SSSR count). The van der Waals surface area contributed by atoms with Gasteiger partial charge in [0.2, 0.25) is 5.91 Å². The van der Waals surface area contributed by atoms with Crippen molar-refractivity contribution in [1.82, 2.24) is 4.90 Å². The van der Waals surface area contributed by atoms with E-state index in [0.717, 1.165) is 0 Å². The number of likely N-dealkylation sites (tertiary alicyclic amines) is 1. The Morgan fingerprint density at radius 2 is 2.21 bits per heavy atom. The van der Waals surface area contributed by atoms with Crippen molar-refractivity contribution in [3.8, 4) is 6.07 Å². The number of nitrogens with zero attached hydrogens (tertiary/aromatic N) is 2. The maximum absolute atomic E-state index is 11.3. The molecule has 0 atom stereocenters. The molecule has 14 heavy (non-hydrogen) atoms. The minimum atomic E-state index is -0.878. The Morgan fingerprint density at radius 1 is 1.57 bits per heavy atom. The van der Waals surface area contributed by atoms with Crippen LogP contribution < -0.4 is 5.73 Å². The number of rotatable bonds is 3. The molecule has 0 spiro atoms. The smallest absolute Gasteiger partial charge is 0.404 e. The molecule has 1 saturated heterocycles. The molecule has 6 nitrogen and oxygen atoms in total. The number of primary amides is 1. The van der Waals surface area contributed by atoms with Gasteiger partial charge in [0, 0.05) is 13.1 Å². The van der Waals surface area contributed by atoms with Gasteiger partial charge in [-0.1, -0.05) is 0 Å². The van der Waals surface area contributed by atoms with Gasteiger partial charge < -0.3 is 15.4 Å². The summed E-state index contributed by atoms with van der Waals surface area (Å²) in [5.41, 5.74) is 4.72. The van der Waals surface area contributed by atoms with E-state index in [1.54, 1.807) is 4.90 Å². The van der Waals surface area contributed by atoms with E-state index < -0.39 is 6.09 Å². The van der Waals surface area contributed by atoms with Crippen LogP contribution in [0.2, 0.25) is 0 Å². The van der Waals surface area contributed by atoms with Gasteiger partial charge in [-0.2, -0.15) is 5.26 Å². The molecule has 0 aromatic heterocycles. The fraction of sp³-hybridized carbons (Fsp3) is 0.625. The van der Waals surface area contributed by atoms with E-state index in [0.29, 0.717) is 13.1 Å². The van der Waals surface area contributed by atoms with Crippen LogP contribution in [0, 0.1) is 17.2 Å². The molecule has 76 valence electrons. The predicted molar refractivity (Wildman–Crippen MR) is 45.8 cm³/mol. The zero-order valence-corrected chi connectivity index (χ0v) is 7.60. The van der Waals surface area contributed by atoms with E-state index in [2.05, 4.69) is 10.8 Å². The Balaban J connectivity index is 2.12. The topological polar surface area (TPSA) is 96.4 Å². The van der Waals surface area contributed by atoms with E-state index in [4.69, 9.17) is 11.0 Å². The van der Waals surface area contributed by atoms with Crippen molar-refractivity contribution in [3.63, 3.8) is 0 Å². The van der Waals surface area contributed by atoms with Crippen molar-refractivity contribution in [2.75, 3.05) is 19.7 Å². The Kier molecular flexibility index (Phi) is 3.29. The lowest BCUT2D eigenvalue weighted by atomic mass is 10.0. The highest BCUT2D eigenvalue weighted by Gasteiger charge is 2.29. The number of hydrogen-bond acceptors (Lipinski definition) is 4. The summed E-state index contributed by atoms with van der Waals surface area (Å²) in [5, 5.41) is 8.46. The molecule has 0 unspecified atom stereocenters. The van der Waals surface area contributed by atoms with Crippen molar-refractivity contribution in [2.24, 2.45) is 11.7 Å². The van der Waals surface area contributed by atoms with E-state index in [1.807, 2.05) is 0 Å². The second-order valence-corrected chi connectivity index (χ2v) is 3.04. The van der Waals surface area contributed by atoms with Gasteiger partial charge in [0.1, 0.15) is 6.61 Å². The second kappa shape index (κ2) is 4.46. The SMILES string of the molecule is N#CC1CN(C(=O)CCOC(N)=O)C1. The highest BCUT2D eigenvalue weighted by molar-refractivity contribution is 5.77. The molecule has 1 heterocycles. The molecule has 6 heteroatoms. The van der Waals surface area contributed by atoms with Crippen molar-refractivity contribution in [2.45, 2.75) is 6.42 Å². The van der Waals surface area contributed by atoms with Gasteiger partial charge in [0.05, 0.1) is 18.4 Å². The molecular formula is C8H11N3O3. The summed E-state index contributed by atoms with van der Waals surface area (Å²) in [6.45, 7) is 0.958. The fourth-order valence-electron chi connectivity index (χ4n) is 1.16. The lowest BCUT2D eigenvalue weighted by Gasteiger charge is -2.35. The summed E-state index contributed by atoms with van der Waals surface area (Å²) in [6, 6.07) is 2.06. The summed E-state index contributed by atoms with van der Waals surface area (Å²) in [6.07, 6.45) is -0.752. The number of carbonyl (C=O) groups excluding carboxylic acids is 2. The first-order valence-corrected chi connectivity index (χ1v) is 4.23. The maximum Gasteiger partial charge on any atom is 0.404 e. The largest absolute Gasteiger partial charge is 0.449 e. The third kappa shape index (κ3) is 2.62. The number of carbonyl (C=O) groups is 2. The van der Waals surface area contributed by atoms with Crippen LogP contribution >= 0.6 is 0 Å². The normalized spacial score (nSPS) is 15.5. The van der Waals surface area contributed by atoms with E-state index in [-0.39, 0.29) is 24.9 Å². The lowest BCUT2D eigenvalue weighted by Crippen LogP contribution is -2.49. The van der Waals surface area contributed by atoms with Gasteiger partial charge in [0.15, 0.2) is 0 Å². The minimum Gasteiger partial charge on any atom is -0.449 e. The standard InChI is InChI=1S/C8H11N3O3/c9-3-6-4-11(5-6)7(12)1-2-14-8(10)13/h6H,1-2,4-5H2,(H2,10,13). The van der Waals surface area contributed by atoms with Crippen LogP contribution in [0.4, 0.5) is 4.79 Å². The molecule has 0 aromatic rings. The van der Waals surface area contributed by atoms with Gasteiger partial charge in [-0.25, -0.2) is 4.79 Å². The average Bonchev–Trinajstić information content (AvgIpc) is 2.01. The van der Waals surface area contributed by atoms with Gasteiger partial charge in [-0.05, 0) is 0 Å². The molecule has 1 aliphatic heterocycles. The summed E-state index contributed by atoms with van der Waals surface area (Å²) in [7, 11) is 0. The van der Waals surface area contributed by atoms with Gasteiger partial charge in [0.25, 0.3) is 0 Å². The van der Waals surface area contributed by atoms with Crippen LogP contribution in [0.25, 0.3) is 0 Å². The summed E-state index contributed by atoms with van der Waals surface area (Å²) in [4.78, 5) is 23.0. The molecule has 0 saturated carbocycles. The van der Waals surface area contributed by atoms with Gasteiger partial charge >= 0.3 is 6.09 Å². The maximum atomic E-state index is 11.3. The molecule has 2 amide bonds. The van der Waals surface area contributed by atoms with Crippen LogP contribution in [0.15, 0.2) is 0 Å². The zero-order chi connectivity index (χ0) is 10.6. The van der Waals surface area contributed by atoms with Crippen LogP contribution in [0.1, 0.15) is 6.42 Å². The Morgan fingerprint density at radius 3 is 2.71 bits per heavy atom. The number of nitriles is 1. The zero-order valence-electron chi connectivity index (χ0n) is 7.60. The quantitative estimate of drug-likeness (QED) is 0.656. The van der Waals surface area contributed by atoms with Crippen molar-refractivity contribution >= 4 is 12.0 Å². The predicted octanol–water partition coefficient (Wildman–Crippen LogP) is -0.546. The van der Waals surface area contributed by atoms with Crippen molar-refractivity contribution in [1.29, 1.82) is 5.26 Å². The van der Waals surface area contributed by atoms with E-state index in [1.165, 1.54) is 0 Å². The number of amides is 2. The lowest BCUT2D eigenvalue weighted by molar-refractivity contribution is -0.136. The molecule has 2 N–H and O–H groups in total. The first kappa shape index (κ1) is 10.3. The Labute approximate surface area is 81.2 Å². The highest BCUT2D eigenvalue weighted by atomic mass is 16.5. The molecule has 0 radical (unpaired) electrons. The summed E-state index contributed by atoms with van der Waals surface area (Å²) < 4.78 is 4.41. The summed E-state index contributed by atoms with van der Waals surface area (Å²) >= 11 is 0. The van der Waals surface area contributed by atoms with Crippen molar-refractivity contribution in [3.05, 3.63) is 0 Å². The van der Waals surface area contributed by atoms with E-state index >= 15 is 0 Å². The number of nitrogens with two attached hydrogens (primary N) is 1. The number of hydrogen-bond donors (Lipinski definition) is 1. The molecular weight excluding hydrogens is 186 g/mol. The molecule has 0 bridgehead atoms. The Hall–Kier alpha value is -1.77. The first-order chi connectivity index (χ1) is 6.63. The van der Waals surface area contributed by atoms with Crippen LogP contribution in [0.5, 0.6) is 0 Å². The van der Waals surface area contributed by atoms with Crippen LogP contribution in [-0.2, 0) is 9.53 Å². The molecule has 1 fully saturated rings. The average molecular weight is 197 g/mol. The minimum absolute atomic E-state index is 0.00187. The van der Waals surface area contributed by atoms with Gasteiger partial charge in [-0.3, -0.25) is 4.79 Å². The second-order valence-electron chi connectivity index (χ2n) is 3.04. The number of ether oxygens (including phenoxy) is 1. The van der Waals surface area contributed by atoms with Crippen LogP contribution in [-0.4, -0.2) is 36.6 Å². The Bertz CT molecular complexity index is 278. The van der Waals surface area contributed by atoms with Crippen molar-refractivity contribution < 1.29 is 14.3 Å². The monoisotopic (exact) mass is 197 g/mol. The molecule has 0 aromatic carbocycles. The van der Waals surface area contributed by atoms with E-state index in [9.17, 15) is 9.59 Å². The third-order valence-electron chi connectivity index (χ3n) is 1.98. The third-order valence-corrected chi connectivity index (χ3v) is 1.98. The summed E-state index contributed by atoms with van der Waals surface area (Å²) in [5.74, 6) is -0.159. The highest BCUT2D eigenvalue weighted by Crippen LogP contribution is 2.14. The fourth-order valence-corrected chi connectivity index (χ4v) is 1.16. The van der Waals surface area contributed by atoms with Gasteiger partial charge in [-0.15, -0.1) is 0 Å².